The molecule has 0 saturated carbocycles. The first-order valence-electron chi connectivity index (χ1n) is 4.04. The van der Waals surface area contributed by atoms with E-state index >= 15 is 0 Å². The van der Waals surface area contributed by atoms with Gasteiger partial charge in [-0.25, -0.2) is 0 Å². The van der Waals surface area contributed by atoms with Crippen LogP contribution in [0.15, 0.2) is 24.7 Å². The highest BCUT2D eigenvalue weighted by Crippen LogP contribution is 2.07. The summed E-state index contributed by atoms with van der Waals surface area (Å²) in [6.07, 6.45) is 3.90. The van der Waals surface area contributed by atoms with Crippen LogP contribution in [0, 0.1) is 0 Å². The molecule has 0 aromatic carbocycles. The summed E-state index contributed by atoms with van der Waals surface area (Å²) in [6.45, 7) is 1.57. The Morgan fingerprint density at radius 1 is 1.62 bits per heavy atom. The minimum atomic E-state index is 0.135. The molecule has 0 spiro atoms. The fourth-order valence-corrected chi connectivity index (χ4v) is 1.31. The van der Waals surface area contributed by atoms with Crippen LogP contribution in [0.2, 0.25) is 0 Å². The normalized spacial score (nSPS) is 10.5. The molecular weight excluding hydrogens is 166 g/mol. The fourth-order valence-electron chi connectivity index (χ4n) is 1.31. The number of rotatable bonds is 2. The van der Waals surface area contributed by atoms with Gasteiger partial charge in [0.2, 0.25) is 0 Å². The zero-order valence-corrected chi connectivity index (χ0v) is 7.27. The predicted octanol–water partition coefficient (Wildman–Crippen LogP) is 0.861. The number of carbonyl (C=O) groups excluding carboxylic acids is 1. The molecule has 4 heteroatoms. The molecule has 0 amide bonds. The number of hydrogen-bond acceptors (Lipinski definition) is 3. The van der Waals surface area contributed by atoms with Crippen LogP contribution < -0.4 is 0 Å². The second kappa shape index (κ2) is 2.97. The molecule has 2 rings (SSSR count). The maximum atomic E-state index is 10.9. The van der Waals surface area contributed by atoms with Crippen LogP contribution in [0.25, 0.3) is 5.65 Å². The maximum absolute atomic E-state index is 10.9. The number of ketones is 1. The van der Waals surface area contributed by atoms with Crippen molar-refractivity contribution in [3.05, 3.63) is 30.2 Å². The molecule has 0 radical (unpaired) electrons. The Morgan fingerprint density at radius 2 is 2.46 bits per heavy atom. The monoisotopic (exact) mass is 175 g/mol. The summed E-state index contributed by atoms with van der Waals surface area (Å²) in [5.74, 6) is 0.135. The third kappa shape index (κ3) is 1.42. The molecule has 0 aliphatic heterocycles. The molecule has 0 saturated heterocycles. The molecule has 0 aliphatic rings. The van der Waals surface area contributed by atoms with Crippen molar-refractivity contribution in [2.24, 2.45) is 0 Å². The van der Waals surface area contributed by atoms with Crippen LogP contribution in [-0.4, -0.2) is 20.4 Å². The quantitative estimate of drug-likeness (QED) is 0.680. The first kappa shape index (κ1) is 7.91. The van der Waals surface area contributed by atoms with Gasteiger partial charge in [0.1, 0.15) is 12.1 Å². The van der Waals surface area contributed by atoms with Gasteiger partial charge in [0.15, 0.2) is 5.65 Å². The lowest BCUT2D eigenvalue weighted by Crippen LogP contribution is -1.99. The maximum Gasteiger partial charge on any atom is 0.164 e. The molecular formula is C9H9N3O. The average Bonchev–Trinajstić information content (AvgIpc) is 2.51. The van der Waals surface area contributed by atoms with Crippen molar-refractivity contribution < 1.29 is 4.79 Å². The van der Waals surface area contributed by atoms with Crippen LogP contribution in [0.3, 0.4) is 0 Å². The second-order valence-corrected chi connectivity index (χ2v) is 2.97. The summed E-state index contributed by atoms with van der Waals surface area (Å²) in [4.78, 5) is 10.9. The third-order valence-electron chi connectivity index (χ3n) is 1.84. The number of pyridine rings is 1. The SMILES string of the molecule is CC(=O)Cc1cccn2cnnc12. The fraction of sp³-hybridized carbons (Fsp3) is 0.222. The Labute approximate surface area is 75.2 Å². The van der Waals surface area contributed by atoms with Crippen molar-refractivity contribution in [1.29, 1.82) is 0 Å². The Bertz CT molecular complexity index is 447. The largest absolute Gasteiger partial charge is 0.300 e. The third-order valence-corrected chi connectivity index (χ3v) is 1.84. The topological polar surface area (TPSA) is 47.3 Å². The Kier molecular flexibility index (Phi) is 1.81. The number of nitrogens with zero attached hydrogens (tertiary/aromatic N) is 3. The summed E-state index contributed by atoms with van der Waals surface area (Å²) in [5, 5.41) is 7.70. The highest BCUT2D eigenvalue weighted by Gasteiger charge is 2.04. The van der Waals surface area contributed by atoms with Gasteiger partial charge in [0, 0.05) is 18.2 Å². The zero-order valence-electron chi connectivity index (χ0n) is 7.27. The van der Waals surface area contributed by atoms with E-state index in [-0.39, 0.29) is 5.78 Å². The number of Topliss-reactive ketones (excluding diaryl/α,β-unsaturated/α-hetero) is 1. The van der Waals surface area contributed by atoms with Crippen LogP contribution in [0.4, 0.5) is 0 Å². The molecule has 0 aliphatic carbocycles. The standard InChI is InChI=1S/C9H9N3O/c1-7(13)5-8-3-2-4-12-6-10-11-9(8)12/h2-4,6H,5H2,1H3. The number of fused-ring (bicyclic) bond motifs is 1. The van der Waals surface area contributed by atoms with Crippen molar-refractivity contribution >= 4 is 11.4 Å². The summed E-state index contributed by atoms with van der Waals surface area (Å²) in [6, 6.07) is 3.78. The number of aromatic nitrogens is 3. The highest BCUT2D eigenvalue weighted by atomic mass is 16.1. The number of carbonyl (C=O) groups is 1. The van der Waals surface area contributed by atoms with E-state index in [4.69, 9.17) is 0 Å². The van der Waals surface area contributed by atoms with Gasteiger partial charge in [0.05, 0.1) is 0 Å². The van der Waals surface area contributed by atoms with Gasteiger partial charge >= 0.3 is 0 Å². The van der Waals surface area contributed by atoms with Gasteiger partial charge in [-0.2, -0.15) is 0 Å². The minimum Gasteiger partial charge on any atom is -0.300 e. The van der Waals surface area contributed by atoms with Gasteiger partial charge in [0.25, 0.3) is 0 Å². The Hall–Kier alpha value is -1.71. The molecule has 2 aromatic heterocycles. The summed E-state index contributed by atoms with van der Waals surface area (Å²) in [7, 11) is 0. The molecule has 0 N–H and O–H groups in total. The zero-order chi connectivity index (χ0) is 9.26. The van der Waals surface area contributed by atoms with E-state index in [0.717, 1.165) is 11.2 Å². The molecule has 0 bridgehead atoms. The molecule has 0 atom stereocenters. The van der Waals surface area contributed by atoms with Gasteiger partial charge in [-0.3, -0.25) is 9.20 Å². The highest BCUT2D eigenvalue weighted by molar-refractivity contribution is 5.79. The van der Waals surface area contributed by atoms with Crippen molar-refractivity contribution in [2.45, 2.75) is 13.3 Å². The molecule has 13 heavy (non-hydrogen) atoms. The lowest BCUT2D eigenvalue weighted by atomic mass is 10.1. The predicted molar refractivity (Wildman–Crippen MR) is 47.4 cm³/mol. The molecule has 0 fully saturated rings. The first-order chi connectivity index (χ1) is 6.27. The molecule has 4 nitrogen and oxygen atoms in total. The first-order valence-corrected chi connectivity index (χ1v) is 4.04. The van der Waals surface area contributed by atoms with E-state index in [1.807, 2.05) is 18.3 Å². The van der Waals surface area contributed by atoms with Gasteiger partial charge in [-0.05, 0) is 13.0 Å². The van der Waals surface area contributed by atoms with E-state index in [0.29, 0.717) is 6.42 Å². The van der Waals surface area contributed by atoms with Crippen molar-refractivity contribution in [3.63, 3.8) is 0 Å². The van der Waals surface area contributed by atoms with Crippen LogP contribution in [0.5, 0.6) is 0 Å². The van der Waals surface area contributed by atoms with E-state index < -0.39 is 0 Å². The van der Waals surface area contributed by atoms with E-state index in [1.54, 1.807) is 17.7 Å². The summed E-state index contributed by atoms with van der Waals surface area (Å²) >= 11 is 0. The average molecular weight is 175 g/mol. The summed E-state index contributed by atoms with van der Waals surface area (Å²) in [5.41, 5.74) is 1.69. The van der Waals surface area contributed by atoms with E-state index in [1.165, 1.54) is 0 Å². The van der Waals surface area contributed by atoms with Crippen LogP contribution in [-0.2, 0) is 11.2 Å². The Morgan fingerprint density at radius 3 is 3.23 bits per heavy atom. The van der Waals surface area contributed by atoms with Gasteiger partial charge in [-0.1, -0.05) is 6.07 Å². The van der Waals surface area contributed by atoms with Gasteiger partial charge < -0.3 is 0 Å². The minimum absolute atomic E-state index is 0.135. The van der Waals surface area contributed by atoms with Crippen LogP contribution in [0.1, 0.15) is 12.5 Å². The molecule has 0 unspecified atom stereocenters. The van der Waals surface area contributed by atoms with Crippen molar-refractivity contribution in [2.75, 3.05) is 0 Å². The molecule has 2 heterocycles. The molecule has 2 aromatic rings. The smallest absolute Gasteiger partial charge is 0.164 e. The summed E-state index contributed by atoms with van der Waals surface area (Å²) < 4.78 is 1.80. The Balaban J connectivity index is 2.54. The van der Waals surface area contributed by atoms with Crippen molar-refractivity contribution in [3.8, 4) is 0 Å². The second-order valence-electron chi connectivity index (χ2n) is 2.97. The number of hydrogen-bond donors (Lipinski definition) is 0. The van der Waals surface area contributed by atoms with Crippen LogP contribution >= 0.6 is 0 Å². The lowest BCUT2D eigenvalue weighted by Gasteiger charge is -1.98. The van der Waals surface area contributed by atoms with Crippen molar-refractivity contribution in [1.82, 2.24) is 14.6 Å². The van der Waals surface area contributed by atoms with E-state index in [2.05, 4.69) is 10.2 Å². The molecule has 66 valence electrons. The van der Waals surface area contributed by atoms with E-state index in [9.17, 15) is 4.79 Å². The van der Waals surface area contributed by atoms with Gasteiger partial charge in [-0.15, -0.1) is 10.2 Å². The lowest BCUT2D eigenvalue weighted by molar-refractivity contribution is -0.116.